The van der Waals surface area contributed by atoms with Gasteiger partial charge in [0.2, 0.25) is 11.7 Å². The number of hydrogen-bond acceptors (Lipinski definition) is 6. The van der Waals surface area contributed by atoms with Crippen molar-refractivity contribution in [1.29, 1.82) is 0 Å². The van der Waals surface area contributed by atoms with Crippen LogP contribution in [0, 0.1) is 5.82 Å². The van der Waals surface area contributed by atoms with E-state index in [9.17, 15) is 9.18 Å². The van der Waals surface area contributed by atoms with E-state index in [1.807, 2.05) is 12.1 Å². The molecule has 5 rings (SSSR count). The first-order valence-electron chi connectivity index (χ1n) is 9.77. The second kappa shape index (κ2) is 7.27. The Labute approximate surface area is 167 Å². The van der Waals surface area contributed by atoms with Crippen molar-refractivity contribution in [3.05, 3.63) is 59.9 Å². The topological polar surface area (TPSA) is 75.4 Å². The molecule has 7 nitrogen and oxygen atoms in total. The van der Waals surface area contributed by atoms with Gasteiger partial charge in [0.1, 0.15) is 11.6 Å². The molecule has 0 radical (unpaired) electrons. The number of piperazine rings is 1. The Morgan fingerprint density at radius 2 is 1.93 bits per heavy atom. The molecule has 1 amide bonds. The van der Waals surface area contributed by atoms with Gasteiger partial charge in [0.15, 0.2) is 0 Å². The van der Waals surface area contributed by atoms with Crippen molar-refractivity contribution in [2.45, 2.75) is 18.8 Å². The number of rotatable bonds is 4. The SMILES string of the molecule is O=C(c1cccc(F)c1)N1CCN(c2ccc(-c3noc(C4CC4)n3)cn2)CC1. The van der Waals surface area contributed by atoms with Crippen LogP contribution in [-0.4, -0.2) is 52.1 Å². The highest BCUT2D eigenvalue weighted by atomic mass is 19.1. The fraction of sp³-hybridized carbons (Fsp3) is 0.333. The molecule has 0 N–H and O–H groups in total. The number of hydrogen-bond donors (Lipinski definition) is 0. The fourth-order valence-corrected chi connectivity index (χ4v) is 3.50. The highest BCUT2D eigenvalue weighted by Crippen LogP contribution is 2.39. The van der Waals surface area contributed by atoms with Gasteiger partial charge in [0.25, 0.3) is 5.91 Å². The van der Waals surface area contributed by atoms with E-state index in [1.54, 1.807) is 23.2 Å². The van der Waals surface area contributed by atoms with Gasteiger partial charge in [0, 0.05) is 49.4 Å². The molecule has 3 aromatic rings. The molecule has 1 aliphatic heterocycles. The average Bonchev–Trinajstić information content (AvgIpc) is 3.50. The minimum atomic E-state index is -0.398. The lowest BCUT2D eigenvalue weighted by Crippen LogP contribution is -2.49. The van der Waals surface area contributed by atoms with Crippen LogP contribution in [0.15, 0.2) is 47.1 Å². The number of benzene rings is 1. The van der Waals surface area contributed by atoms with Crippen molar-refractivity contribution in [3.8, 4) is 11.4 Å². The third kappa shape index (κ3) is 3.70. The van der Waals surface area contributed by atoms with E-state index < -0.39 is 5.82 Å². The molecule has 3 heterocycles. The summed E-state index contributed by atoms with van der Waals surface area (Å²) in [4.78, 5) is 25.4. The number of aromatic nitrogens is 3. The number of amides is 1. The monoisotopic (exact) mass is 393 g/mol. The summed E-state index contributed by atoms with van der Waals surface area (Å²) in [5, 5.41) is 4.04. The Balaban J connectivity index is 1.22. The number of carbonyl (C=O) groups excluding carboxylic acids is 1. The molecule has 1 aromatic carbocycles. The smallest absolute Gasteiger partial charge is 0.254 e. The Kier molecular flexibility index (Phi) is 4.46. The zero-order chi connectivity index (χ0) is 19.8. The van der Waals surface area contributed by atoms with Crippen LogP contribution < -0.4 is 4.90 Å². The van der Waals surface area contributed by atoms with Gasteiger partial charge < -0.3 is 14.3 Å². The third-order valence-electron chi connectivity index (χ3n) is 5.34. The van der Waals surface area contributed by atoms with Crippen molar-refractivity contribution >= 4 is 11.7 Å². The summed E-state index contributed by atoms with van der Waals surface area (Å²) in [7, 11) is 0. The van der Waals surface area contributed by atoms with Crippen molar-refractivity contribution in [2.75, 3.05) is 31.1 Å². The fourth-order valence-electron chi connectivity index (χ4n) is 3.50. The van der Waals surface area contributed by atoms with Crippen LogP contribution >= 0.6 is 0 Å². The molecule has 29 heavy (non-hydrogen) atoms. The minimum absolute atomic E-state index is 0.143. The molecule has 0 unspecified atom stereocenters. The second-order valence-electron chi connectivity index (χ2n) is 7.43. The second-order valence-corrected chi connectivity index (χ2v) is 7.43. The maximum atomic E-state index is 13.4. The summed E-state index contributed by atoms with van der Waals surface area (Å²) < 4.78 is 18.7. The number of halogens is 1. The lowest BCUT2D eigenvalue weighted by atomic mass is 10.1. The van der Waals surface area contributed by atoms with Gasteiger partial charge in [-0.3, -0.25) is 4.79 Å². The lowest BCUT2D eigenvalue weighted by Gasteiger charge is -2.35. The first-order chi connectivity index (χ1) is 14.2. The van der Waals surface area contributed by atoms with Crippen LogP contribution in [0.1, 0.15) is 35.0 Å². The Bertz CT molecular complexity index is 1020. The first kappa shape index (κ1) is 17.8. The van der Waals surface area contributed by atoms with Crippen LogP contribution in [0.2, 0.25) is 0 Å². The summed E-state index contributed by atoms with van der Waals surface area (Å²) in [6.45, 7) is 2.46. The molecule has 1 aliphatic carbocycles. The van der Waals surface area contributed by atoms with Gasteiger partial charge in [-0.05, 0) is 43.2 Å². The Morgan fingerprint density at radius 1 is 1.10 bits per heavy atom. The molecule has 1 saturated carbocycles. The van der Waals surface area contributed by atoms with E-state index in [0.717, 1.165) is 24.2 Å². The normalized spacial score (nSPS) is 16.9. The average molecular weight is 393 g/mol. The molecule has 0 bridgehead atoms. The van der Waals surface area contributed by atoms with Gasteiger partial charge >= 0.3 is 0 Å². The summed E-state index contributed by atoms with van der Waals surface area (Å²) in [6, 6.07) is 9.69. The molecule has 0 spiro atoms. The standard InChI is InChI=1S/C21H20FN5O2/c22-17-3-1-2-15(12-17)21(28)27-10-8-26(9-11-27)18-7-6-16(13-23-18)19-24-20(29-25-19)14-4-5-14/h1-3,6-7,12-14H,4-5,8-11H2. The van der Waals surface area contributed by atoms with Gasteiger partial charge in [0.05, 0.1) is 0 Å². The van der Waals surface area contributed by atoms with E-state index in [4.69, 9.17) is 4.52 Å². The van der Waals surface area contributed by atoms with Crippen LogP contribution in [0.25, 0.3) is 11.4 Å². The number of pyridine rings is 1. The molecule has 2 aromatic heterocycles. The van der Waals surface area contributed by atoms with E-state index in [0.29, 0.717) is 49.4 Å². The predicted octanol–water partition coefficient (Wildman–Crippen LogP) is 3.11. The number of anilines is 1. The summed E-state index contributed by atoms with van der Waals surface area (Å²) in [5.41, 5.74) is 1.20. The molecule has 0 atom stereocenters. The van der Waals surface area contributed by atoms with Crippen molar-refractivity contribution in [2.24, 2.45) is 0 Å². The molecule has 1 saturated heterocycles. The molecular formula is C21H20FN5O2. The van der Waals surface area contributed by atoms with Crippen LogP contribution in [-0.2, 0) is 0 Å². The van der Waals surface area contributed by atoms with Crippen LogP contribution in [0.3, 0.4) is 0 Å². The number of carbonyl (C=O) groups is 1. The van der Waals surface area contributed by atoms with E-state index in [1.165, 1.54) is 12.1 Å². The van der Waals surface area contributed by atoms with Crippen molar-refractivity contribution in [3.63, 3.8) is 0 Å². The van der Waals surface area contributed by atoms with Gasteiger partial charge in [-0.25, -0.2) is 9.37 Å². The lowest BCUT2D eigenvalue weighted by molar-refractivity contribution is 0.0746. The zero-order valence-corrected chi connectivity index (χ0v) is 15.8. The first-order valence-corrected chi connectivity index (χ1v) is 9.77. The Morgan fingerprint density at radius 3 is 2.62 bits per heavy atom. The van der Waals surface area contributed by atoms with Crippen molar-refractivity contribution in [1.82, 2.24) is 20.0 Å². The molecule has 8 heteroatoms. The zero-order valence-electron chi connectivity index (χ0n) is 15.8. The van der Waals surface area contributed by atoms with Crippen LogP contribution in [0.5, 0.6) is 0 Å². The summed E-state index contributed by atoms with van der Waals surface area (Å²) in [6.07, 6.45) is 3.99. The number of nitrogens with zero attached hydrogens (tertiary/aromatic N) is 5. The van der Waals surface area contributed by atoms with Crippen LogP contribution in [0.4, 0.5) is 10.2 Å². The van der Waals surface area contributed by atoms with Gasteiger partial charge in [-0.1, -0.05) is 11.2 Å². The highest BCUT2D eigenvalue weighted by Gasteiger charge is 2.30. The maximum absolute atomic E-state index is 13.4. The molecular weight excluding hydrogens is 373 g/mol. The summed E-state index contributed by atoms with van der Waals surface area (Å²) in [5.74, 6) is 2.01. The third-order valence-corrected chi connectivity index (χ3v) is 5.34. The van der Waals surface area contributed by atoms with Gasteiger partial charge in [-0.15, -0.1) is 0 Å². The molecule has 2 fully saturated rings. The molecule has 148 valence electrons. The van der Waals surface area contributed by atoms with E-state index in [-0.39, 0.29) is 5.91 Å². The van der Waals surface area contributed by atoms with Gasteiger partial charge in [-0.2, -0.15) is 4.98 Å². The van der Waals surface area contributed by atoms with E-state index >= 15 is 0 Å². The summed E-state index contributed by atoms with van der Waals surface area (Å²) >= 11 is 0. The predicted molar refractivity (Wildman–Crippen MR) is 104 cm³/mol. The maximum Gasteiger partial charge on any atom is 0.254 e. The Hall–Kier alpha value is -3.29. The molecule has 2 aliphatic rings. The van der Waals surface area contributed by atoms with E-state index in [2.05, 4.69) is 20.0 Å². The van der Waals surface area contributed by atoms with Crippen molar-refractivity contribution < 1.29 is 13.7 Å². The highest BCUT2D eigenvalue weighted by molar-refractivity contribution is 5.94. The minimum Gasteiger partial charge on any atom is -0.353 e. The quantitative estimate of drug-likeness (QED) is 0.678. The largest absolute Gasteiger partial charge is 0.353 e.